The van der Waals surface area contributed by atoms with Gasteiger partial charge in [-0.05, 0) is 44.0 Å². The lowest BCUT2D eigenvalue weighted by atomic mass is 10.1. The largest absolute Gasteiger partial charge is 0.412 e. The van der Waals surface area contributed by atoms with Crippen LogP contribution in [0.2, 0.25) is 0 Å². The monoisotopic (exact) mass is 264 g/mol. The number of carbonyl (C=O) groups is 2. The average Bonchev–Trinajstić information content (AvgIpc) is 2.24. The smallest absolute Gasteiger partial charge is 0.410 e. The fourth-order valence-corrected chi connectivity index (χ4v) is 2.02. The van der Waals surface area contributed by atoms with E-state index < -0.39 is 6.09 Å². The molecule has 0 saturated carbocycles. The van der Waals surface area contributed by atoms with Gasteiger partial charge in [-0.2, -0.15) is 0 Å². The molecule has 0 aliphatic heterocycles. The van der Waals surface area contributed by atoms with Crippen LogP contribution in [0.4, 0.5) is 10.5 Å². The van der Waals surface area contributed by atoms with E-state index >= 15 is 0 Å². The summed E-state index contributed by atoms with van der Waals surface area (Å²) in [7, 11) is 3.94. The number of hydrogen-bond donors (Lipinski definition) is 1. The first-order valence-electron chi connectivity index (χ1n) is 6.05. The Labute approximate surface area is 113 Å². The normalized spacial score (nSPS) is 9.95. The molecule has 5 nitrogen and oxygen atoms in total. The van der Waals surface area contributed by atoms with Gasteiger partial charge in [-0.3, -0.25) is 4.79 Å². The van der Waals surface area contributed by atoms with Gasteiger partial charge in [0.15, 0.2) is 0 Å². The lowest BCUT2D eigenvalue weighted by molar-refractivity contribution is -0.116. The van der Waals surface area contributed by atoms with Crippen molar-refractivity contribution in [3.63, 3.8) is 0 Å². The van der Waals surface area contributed by atoms with E-state index in [2.05, 4.69) is 5.32 Å². The van der Waals surface area contributed by atoms with Crippen molar-refractivity contribution in [2.75, 3.05) is 25.5 Å². The van der Waals surface area contributed by atoms with E-state index in [-0.39, 0.29) is 12.3 Å². The van der Waals surface area contributed by atoms with Crippen LogP contribution >= 0.6 is 0 Å². The molecule has 0 saturated heterocycles. The van der Waals surface area contributed by atoms with Gasteiger partial charge in [-0.1, -0.05) is 0 Å². The Kier molecular flexibility index (Phi) is 4.92. The first kappa shape index (κ1) is 15.0. The van der Waals surface area contributed by atoms with Gasteiger partial charge in [0.2, 0.25) is 0 Å². The molecule has 1 amide bonds. The van der Waals surface area contributed by atoms with Crippen LogP contribution in [0.15, 0.2) is 12.1 Å². The van der Waals surface area contributed by atoms with Crippen LogP contribution in [-0.2, 0) is 4.79 Å². The summed E-state index contributed by atoms with van der Waals surface area (Å²) in [5, 5.41) is 2.39. The van der Waals surface area contributed by atoms with Crippen molar-refractivity contribution in [2.24, 2.45) is 0 Å². The molecule has 0 aromatic heterocycles. The zero-order valence-corrected chi connectivity index (χ0v) is 12.0. The first-order valence-corrected chi connectivity index (χ1v) is 6.05. The molecule has 0 bridgehead atoms. The lowest BCUT2D eigenvalue weighted by Gasteiger charge is -2.19. The third kappa shape index (κ3) is 4.28. The molecule has 0 aliphatic carbocycles. The van der Waals surface area contributed by atoms with Crippen LogP contribution in [0.5, 0.6) is 5.75 Å². The summed E-state index contributed by atoms with van der Waals surface area (Å²) >= 11 is 0. The van der Waals surface area contributed by atoms with Gasteiger partial charge in [0, 0.05) is 19.8 Å². The molecule has 1 aromatic rings. The molecule has 0 unspecified atom stereocenters. The minimum Gasteiger partial charge on any atom is -0.410 e. The summed E-state index contributed by atoms with van der Waals surface area (Å²) in [4.78, 5) is 24.2. The van der Waals surface area contributed by atoms with Crippen LogP contribution in [-0.4, -0.2) is 32.5 Å². The molecule has 19 heavy (non-hydrogen) atoms. The Bertz CT molecular complexity index is 472. The second-order valence-electron chi connectivity index (χ2n) is 4.75. The predicted octanol–water partition coefficient (Wildman–Crippen LogP) is 2.05. The molecule has 0 atom stereocenters. The van der Waals surface area contributed by atoms with Crippen LogP contribution in [0, 0.1) is 13.8 Å². The average molecular weight is 264 g/mol. The SMILES string of the molecule is CC(=O)CNC(=O)Oc1cc(C)c(N(C)C)c(C)c1. The highest BCUT2D eigenvalue weighted by molar-refractivity contribution is 5.82. The molecule has 0 aliphatic rings. The molecule has 0 fully saturated rings. The predicted molar refractivity (Wildman–Crippen MR) is 75.0 cm³/mol. The van der Waals surface area contributed by atoms with Crippen molar-refractivity contribution >= 4 is 17.6 Å². The van der Waals surface area contributed by atoms with Crippen molar-refractivity contribution in [1.82, 2.24) is 5.32 Å². The number of amides is 1. The summed E-state index contributed by atoms with van der Waals surface area (Å²) < 4.78 is 5.14. The van der Waals surface area contributed by atoms with Gasteiger partial charge in [0.25, 0.3) is 0 Å². The number of carbonyl (C=O) groups excluding carboxylic acids is 2. The van der Waals surface area contributed by atoms with E-state index in [1.165, 1.54) is 6.92 Å². The highest BCUT2D eigenvalue weighted by Gasteiger charge is 2.10. The van der Waals surface area contributed by atoms with Crippen molar-refractivity contribution < 1.29 is 14.3 Å². The topological polar surface area (TPSA) is 58.6 Å². The van der Waals surface area contributed by atoms with Crippen molar-refractivity contribution in [3.05, 3.63) is 23.3 Å². The first-order chi connectivity index (χ1) is 8.81. The van der Waals surface area contributed by atoms with E-state index in [0.717, 1.165) is 16.8 Å². The zero-order valence-electron chi connectivity index (χ0n) is 12.0. The summed E-state index contributed by atoms with van der Waals surface area (Å²) in [5.74, 6) is 0.355. The molecule has 104 valence electrons. The number of rotatable bonds is 4. The molecule has 1 N–H and O–H groups in total. The molecule has 0 spiro atoms. The van der Waals surface area contributed by atoms with Gasteiger partial charge in [0.05, 0.1) is 6.54 Å². The van der Waals surface area contributed by atoms with Crippen molar-refractivity contribution in [1.29, 1.82) is 0 Å². The minimum absolute atomic E-state index is 0.0213. The summed E-state index contributed by atoms with van der Waals surface area (Å²) in [6.07, 6.45) is -0.619. The van der Waals surface area contributed by atoms with E-state index in [4.69, 9.17) is 4.74 Å². The Morgan fingerprint density at radius 2 is 1.74 bits per heavy atom. The van der Waals surface area contributed by atoms with E-state index in [1.807, 2.05) is 32.8 Å². The van der Waals surface area contributed by atoms with Crippen molar-refractivity contribution in [3.8, 4) is 5.75 Å². The second-order valence-corrected chi connectivity index (χ2v) is 4.75. The third-order valence-corrected chi connectivity index (χ3v) is 2.60. The maximum Gasteiger partial charge on any atom is 0.412 e. The Hall–Kier alpha value is -2.04. The molecule has 0 radical (unpaired) electrons. The number of nitrogens with one attached hydrogen (secondary N) is 1. The highest BCUT2D eigenvalue weighted by Crippen LogP contribution is 2.28. The van der Waals surface area contributed by atoms with E-state index in [1.54, 1.807) is 12.1 Å². The number of Topliss-reactive ketones (excluding diaryl/α,β-unsaturated/α-hetero) is 1. The van der Waals surface area contributed by atoms with E-state index in [0.29, 0.717) is 5.75 Å². The molecule has 5 heteroatoms. The maximum absolute atomic E-state index is 11.5. The van der Waals surface area contributed by atoms with Crippen molar-refractivity contribution in [2.45, 2.75) is 20.8 Å². The molecular formula is C14H20N2O3. The third-order valence-electron chi connectivity index (χ3n) is 2.60. The van der Waals surface area contributed by atoms with Crippen LogP contribution in [0.1, 0.15) is 18.1 Å². The molecule has 1 rings (SSSR count). The van der Waals surface area contributed by atoms with Gasteiger partial charge in [0.1, 0.15) is 11.5 Å². The fourth-order valence-electron chi connectivity index (χ4n) is 2.02. The zero-order chi connectivity index (χ0) is 14.6. The van der Waals surface area contributed by atoms with Crippen LogP contribution in [0.25, 0.3) is 0 Å². The van der Waals surface area contributed by atoms with Gasteiger partial charge in [-0.15, -0.1) is 0 Å². The Morgan fingerprint density at radius 1 is 1.21 bits per heavy atom. The fraction of sp³-hybridized carbons (Fsp3) is 0.429. The number of ketones is 1. The highest BCUT2D eigenvalue weighted by atomic mass is 16.6. The molecular weight excluding hydrogens is 244 g/mol. The molecule has 1 aromatic carbocycles. The summed E-state index contributed by atoms with van der Waals surface area (Å²) in [6, 6.07) is 3.60. The Morgan fingerprint density at radius 3 is 2.16 bits per heavy atom. The van der Waals surface area contributed by atoms with Crippen LogP contribution in [0.3, 0.4) is 0 Å². The van der Waals surface area contributed by atoms with Gasteiger partial charge >= 0.3 is 6.09 Å². The number of aryl methyl sites for hydroxylation is 2. The van der Waals surface area contributed by atoms with Gasteiger partial charge < -0.3 is 15.0 Å². The second kappa shape index (κ2) is 6.22. The standard InChI is InChI=1S/C14H20N2O3/c1-9-6-12(7-10(2)13(9)16(4)5)19-14(18)15-8-11(3)17/h6-7H,8H2,1-5H3,(H,15,18). The summed E-state index contributed by atoms with van der Waals surface area (Å²) in [5.41, 5.74) is 3.16. The maximum atomic E-state index is 11.5. The summed E-state index contributed by atoms with van der Waals surface area (Å²) in [6.45, 7) is 5.30. The number of nitrogens with zero attached hydrogens (tertiary/aromatic N) is 1. The van der Waals surface area contributed by atoms with Gasteiger partial charge in [-0.25, -0.2) is 4.79 Å². The number of ether oxygens (including phenoxy) is 1. The lowest BCUT2D eigenvalue weighted by Crippen LogP contribution is -2.31. The Balaban J connectivity index is 2.81. The minimum atomic E-state index is -0.619. The number of benzene rings is 1. The van der Waals surface area contributed by atoms with Crippen LogP contribution < -0.4 is 15.0 Å². The number of hydrogen-bond acceptors (Lipinski definition) is 4. The quantitative estimate of drug-likeness (QED) is 0.904. The number of anilines is 1. The van der Waals surface area contributed by atoms with E-state index in [9.17, 15) is 9.59 Å². The molecule has 0 heterocycles.